The highest BCUT2D eigenvalue weighted by molar-refractivity contribution is 9.10. The monoisotopic (exact) mass is 459 g/mol. The molecule has 1 fully saturated rings. The highest BCUT2D eigenvalue weighted by Crippen LogP contribution is 2.32. The number of hydrogen-bond acceptors (Lipinski definition) is 4. The third-order valence-corrected chi connectivity index (χ3v) is 6.15. The van der Waals surface area contributed by atoms with Crippen molar-refractivity contribution in [3.8, 4) is 0 Å². The molecular formula is C21H22BrN3O2S. The van der Waals surface area contributed by atoms with E-state index in [-0.39, 0.29) is 18.2 Å². The molecule has 1 aliphatic heterocycles. The molecule has 0 aliphatic carbocycles. The molecule has 0 spiro atoms. The first-order valence-electron chi connectivity index (χ1n) is 9.06. The number of benzene rings is 2. The lowest BCUT2D eigenvalue weighted by atomic mass is 10.1. The Morgan fingerprint density at radius 2 is 1.89 bits per heavy atom. The Labute approximate surface area is 177 Å². The van der Waals surface area contributed by atoms with Gasteiger partial charge in [0.2, 0.25) is 11.8 Å². The molecule has 0 aromatic heterocycles. The number of aryl methyl sites for hydroxylation is 2. The summed E-state index contributed by atoms with van der Waals surface area (Å²) in [7, 11) is 0. The van der Waals surface area contributed by atoms with Crippen molar-refractivity contribution in [1.82, 2.24) is 4.90 Å². The van der Waals surface area contributed by atoms with E-state index < -0.39 is 5.25 Å². The lowest BCUT2D eigenvalue weighted by molar-refractivity contribution is -0.128. The van der Waals surface area contributed by atoms with Gasteiger partial charge in [0.1, 0.15) is 5.25 Å². The van der Waals surface area contributed by atoms with Crippen LogP contribution in [0.1, 0.15) is 24.5 Å². The first kappa shape index (κ1) is 20.6. The summed E-state index contributed by atoms with van der Waals surface area (Å²) in [6.45, 7) is 6.49. The Hall–Kier alpha value is -2.12. The van der Waals surface area contributed by atoms with Crippen LogP contribution in [-0.2, 0) is 9.59 Å². The lowest BCUT2D eigenvalue weighted by Gasteiger charge is -2.13. The molecule has 2 aromatic rings. The average Bonchev–Trinajstić information content (AvgIpc) is 2.90. The number of aliphatic imine (C=N–C) groups is 1. The number of carbonyl (C=O) groups is 2. The topological polar surface area (TPSA) is 61.8 Å². The summed E-state index contributed by atoms with van der Waals surface area (Å²) in [4.78, 5) is 31.6. The average molecular weight is 460 g/mol. The van der Waals surface area contributed by atoms with E-state index in [1.165, 1.54) is 11.8 Å². The van der Waals surface area contributed by atoms with Gasteiger partial charge in [-0.2, -0.15) is 0 Å². The second-order valence-electron chi connectivity index (χ2n) is 6.66. The fourth-order valence-electron chi connectivity index (χ4n) is 3.07. The van der Waals surface area contributed by atoms with Gasteiger partial charge < -0.3 is 5.32 Å². The van der Waals surface area contributed by atoms with Crippen molar-refractivity contribution in [3.63, 3.8) is 0 Å². The van der Waals surface area contributed by atoms with Crippen LogP contribution in [0.25, 0.3) is 0 Å². The normalized spacial score (nSPS) is 18.0. The van der Waals surface area contributed by atoms with Gasteiger partial charge in [-0.3, -0.25) is 14.5 Å². The molecule has 0 radical (unpaired) electrons. The third kappa shape index (κ3) is 4.83. The predicted molar refractivity (Wildman–Crippen MR) is 119 cm³/mol. The molecule has 2 aromatic carbocycles. The molecule has 2 amide bonds. The summed E-state index contributed by atoms with van der Waals surface area (Å²) in [6, 6.07) is 13.5. The molecular weight excluding hydrogens is 438 g/mol. The van der Waals surface area contributed by atoms with Gasteiger partial charge in [0.15, 0.2) is 5.17 Å². The first-order chi connectivity index (χ1) is 13.4. The number of para-hydroxylation sites is 1. The Morgan fingerprint density at radius 3 is 2.54 bits per heavy atom. The van der Waals surface area contributed by atoms with Gasteiger partial charge in [-0.15, -0.1) is 0 Å². The molecule has 0 bridgehead atoms. The summed E-state index contributed by atoms with van der Waals surface area (Å²) >= 11 is 4.77. The zero-order valence-corrected chi connectivity index (χ0v) is 18.4. The molecule has 0 saturated carbocycles. The fourth-order valence-corrected chi connectivity index (χ4v) is 4.68. The smallest absolute Gasteiger partial charge is 0.242 e. The van der Waals surface area contributed by atoms with E-state index >= 15 is 0 Å². The second-order valence-corrected chi connectivity index (χ2v) is 8.69. The number of amidine groups is 1. The van der Waals surface area contributed by atoms with E-state index in [0.29, 0.717) is 17.4 Å². The number of nitrogens with one attached hydrogen (secondary N) is 1. The number of halogens is 1. The van der Waals surface area contributed by atoms with Crippen molar-refractivity contribution in [3.05, 3.63) is 58.1 Å². The van der Waals surface area contributed by atoms with Crippen LogP contribution in [0.2, 0.25) is 0 Å². The van der Waals surface area contributed by atoms with Gasteiger partial charge in [0.25, 0.3) is 0 Å². The molecule has 1 aliphatic rings. The molecule has 1 N–H and O–H groups in total. The van der Waals surface area contributed by atoms with Crippen molar-refractivity contribution in [1.29, 1.82) is 0 Å². The number of carbonyl (C=O) groups excluding carboxylic acids is 2. The molecule has 1 unspecified atom stereocenters. The molecule has 5 nitrogen and oxygen atoms in total. The van der Waals surface area contributed by atoms with Gasteiger partial charge in [0.05, 0.1) is 11.4 Å². The Morgan fingerprint density at radius 1 is 1.21 bits per heavy atom. The molecule has 28 heavy (non-hydrogen) atoms. The van der Waals surface area contributed by atoms with Crippen LogP contribution in [0.5, 0.6) is 0 Å². The van der Waals surface area contributed by atoms with E-state index in [1.807, 2.05) is 57.2 Å². The van der Waals surface area contributed by atoms with Crippen LogP contribution in [0.3, 0.4) is 0 Å². The minimum atomic E-state index is -0.466. The fraction of sp³-hybridized carbons (Fsp3) is 0.286. The Balaban J connectivity index is 1.75. The minimum Gasteiger partial charge on any atom is -0.325 e. The Kier molecular flexibility index (Phi) is 6.57. The second kappa shape index (κ2) is 8.92. The molecule has 146 valence electrons. The number of thioether (sulfide) groups is 1. The number of nitrogens with zero attached hydrogens (tertiary/aromatic N) is 2. The van der Waals surface area contributed by atoms with E-state index in [1.54, 1.807) is 4.90 Å². The zero-order valence-electron chi connectivity index (χ0n) is 16.0. The van der Waals surface area contributed by atoms with Gasteiger partial charge in [-0.05, 0) is 72.1 Å². The highest BCUT2D eigenvalue weighted by Gasteiger charge is 2.38. The maximum atomic E-state index is 12.8. The molecule has 7 heteroatoms. The standard InChI is InChI=1S/C21H22BrN3O2S/c1-4-25-20(27)18(12-19(26)24-17-8-6-5-7-16(17)22)28-21(25)23-15-10-13(2)9-14(3)11-15/h5-11,18H,4,12H2,1-3H3,(H,24,26). The summed E-state index contributed by atoms with van der Waals surface area (Å²) in [6.07, 6.45) is 0.104. The summed E-state index contributed by atoms with van der Waals surface area (Å²) in [5, 5.41) is 3.04. The van der Waals surface area contributed by atoms with Gasteiger partial charge in [-0.25, -0.2) is 4.99 Å². The maximum Gasteiger partial charge on any atom is 0.242 e. The number of anilines is 1. The SMILES string of the molecule is CCN1C(=O)C(CC(=O)Nc2ccccc2Br)SC1=Nc1cc(C)cc(C)c1. The number of amides is 2. The van der Waals surface area contributed by atoms with Crippen LogP contribution in [0.15, 0.2) is 51.9 Å². The Bertz CT molecular complexity index is 925. The van der Waals surface area contributed by atoms with Crippen molar-refractivity contribution >= 4 is 56.0 Å². The van der Waals surface area contributed by atoms with E-state index in [0.717, 1.165) is 21.3 Å². The van der Waals surface area contributed by atoms with Crippen molar-refractivity contribution in [2.45, 2.75) is 32.4 Å². The molecule has 1 atom stereocenters. The first-order valence-corrected chi connectivity index (χ1v) is 10.7. The van der Waals surface area contributed by atoms with Gasteiger partial charge >= 0.3 is 0 Å². The van der Waals surface area contributed by atoms with E-state index in [4.69, 9.17) is 0 Å². The van der Waals surface area contributed by atoms with Gasteiger partial charge in [-0.1, -0.05) is 30.0 Å². The highest BCUT2D eigenvalue weighted by atomic mass is 79.9. The van der Waals surface area contributed by atoms with Crippen LogP contribution < -0.4 is 5.32 Å². The predicted octanol–water partition coefficient (Wildman–Crippen LogP) is 5.05. The molecule has 1 saturated heterocycles. The lowest BCUT2D eigenvalue weighted by Crippen LogP contribution is -2.33. The van der Waals surface area contributed by atoms with Gasteiger partial charge in [0, 0.05) is 17.4 Å². The van der Waals surface area contributed by atoms with Crippen LogP contribution in [0.4, 0.5) is 11.4 Å². The number of rotatable bonds is 5. The largest absolute Gasteiger partial charge is 0.325 e. The minimum absolute atomic E-state index is 0.0714. The molecule has 3 rings (SSSR count). The third-order valence-electron chi connectivity index (χ3n) is 4.29. The maximum absolute atomic E-state index is 12.8. The van der Waals surface area contributed by atoms with Crippen molar-refractivity contribution < 1.29 is 9.59 Å². The quantitative estimate of drug-likeness (QED) is 0.680. The summed E-state index contributed by atoms with van der Waals surface area (Å²) in [5.74, 6) is -0.264. The van der Waals surface area contributed by atoms with E-state index in [9.17, 15) is 9.59 Å². The number of hydrogen-bond donors (Lipinski definition) is 1. The summed E-state index contributed by atoms with van der Waals surface area (Å²) < 4.78 is 0.806. The van der Waals surface area contributed by atoms with Crippen LogP contribution in [0, 0.1) is 13.8 Å². The zero-order chi connectivity index (χ0) is 20.3. The van der Waals surface area contributed by atoms with Crippen molar-refractivity contribution in [2.75, 3.05) is 11.9 Å². The van der Waals surface area contributed by atoms with Crippen LogP contribution >= 0.6 is 27.7 Å². The van der Waals surface area contributed by atoms with Crippen LogP contribution in [-0.4, -0.2) is 33.7 Å². The molecule has 1 heterocycles. The van der Waals surface area contributed by atoms with E-state index in [2.05, 4.69) is 32.3 Å². The van der Waals surface area contributed by atoms with Crippen molar-refractivity contribution in [2.24, 2.45) is 4.99 Å². The summed E-state index contributed by atoms with van der Waals surface area (Å²) in [5.41, 5.74) is 3.77.